The third-order valence-corrected chi connectivity index (χ3v) is 5.95. The fraction of sp³-hybridized carbons (Fsp3) is 0.333. The van der Waals surface area contributed by atoms with Crippen LogP contribution in [-0.2, 0) is 5.41 Å². The summed E-state index contributed by atoms with van der Waals surface area (Å²) in [6, 6.07) is 12.6. The molecule has 0 bridgehead atoms. The van der Waals surface area contributed by atoms with Crippen LogP contribution in [0.15, 0.2) is 36.4 Å². The largest absolute Gasteiger partial charge is 0.492 e. The predicted octanol–water partition coefficient (Wildman–Crippen LogP) is 3.25. The SMILES string of the molecule is CSC1Nc2ccccc2C12COc1cc3c(cc12)OCCO3. The average molecular weight is 327 g/mol. The molecule has 1 N–H and O–H groups in total. The first-order valence-corrected chi connectivity index (χ1v) is 9.07. The summed E-state index contributed by atoms with van der Waals surface area (Å²) in [5.74, 6) is 2.52. The zero-order valence-corrected chi connectivity index (χ0v) is 13.6. The van der Waals surface area contributed by atoms with Crippen LogP contribution >= 0.6 is 11.8 Å². The number of rotatable bonds is 1. The molecule has 5 heteroatoms. The summed E-state index contributed by atoms with van der Waals surface area (Å²) in [4.78, 5) is 0. The molecule has 0 amide bonds. The molecule has 118 valence electrons. The van der Waals surface area contributed by atoms with Gasteiger partial charge < -0.3 is 19.5 Å². The quantitative estimate of drug-likeness (QED) is 0.870. The molecule has 0 aliphatic carbocycles. The zero-order chi connectivity index (χ0) is 15.4. The van der Waals surface area contributed by atoms with E-state index >= 15 is 0 Å². The number of anilines is 1. The van der Waals surface area contributed by atoms with Gasteiger partial charge in [0.15, 0.2) is 11.5 Å². The predicted molar refractivity (Wildman–Crippen MR) is 91.1 cm³/mol. The molecule has 2 unspecified atom stereocenters. The molecule has 2 aromatic carbocycles. The van der Waals surface area contributed by atoms with Gasteiger partial charge in [0.25, 0.3) is 0 Å². The maximum atomic E-state index is 6.10. The lowest BCUT2D eigenvalue weighted by Gasteiger charge is -2.30. The summed E-state index contributed by atoms with van der Waals surface area (Å²) < 4.78 is 17.6. The molecule has 0 radical (unpaired) electrons. The number of ether oxygens (including phenoxy) is 3. The van der Waals surface area contributed by atoms with Crippen molar-refractivity contribution in [2.75, 3.05) is 31.4 Å². The molecular formula is C18H17NO3S. The fourth-order valence-corrected chi connectivity index (χ4v) is 4.88. The first-order chi connectivity index (χ1) is 11.3. The standard InChI is InChI=1S/C18H17NO3S/c1-23-17-18(11-4-2-3-5-13(11)19-17)10-22-14-9-16-15(8-12(14)18)20-6-7-21-16/h2-5,8-9,17,19H,6-7,10H2,1H3. The molecule has 0 fully saturated rings. The Balaban J connectivity index is 1.74. The maximum absolute atomic E-state index is 6.10. The highest BCUT2D eigenvalue weighted by atomic mass is 32.2. The van der Waals surface area contributed by atoms with Crippen LogP contribution in [-0.4, -0.2) is 31.5 Å². The summed E-state index contributed by atoms with van der Waals surface area (Å²) in [5, 5.41) is 3.89. The van der Waals surface area contributed by atoms with Gasteiger partial charge in [0.1, 0.15) is 25.6 Å². The monoisotopic (exact) mass is 327 g/mol. The summed E-state index contributed by atoms with van der Waals surface area (Å²) in [5.41, 5.74) is 3.51. The van der Waals surface area contributed by atoms with Gasteiger partial charge in [-0.25, -0.2) is 0 Å². The second-order valence-corrected chi connectivity index (χ2v) is 7.00. The fourth-order valence-electron chi connectivity index (χ4n) is 3.91. The lowest BCUT2D eigenvalue weighted by Crippen LogP contribution is -2.39. The topological polar surface area (TPSA) is 39.7 Å². The molecule has 23 heavy (non-hydrogen) atoms. The minimum atomic E-state index is -0.179. The number of fused-ring (bicyclic) bond motifs is 5. The molecule has 3 aliphatic rings. The van der Waals surface area contributed by atoms with Crippen molar-refractivity contribution in [3.05, 3.63) is 47.5 Å². The molecule has 0 aromatic heterocycles. The van der Waals surface area contributed by atoms with Gasteiger partial charge in [-0.1, -0.05) is 18.2 Å². The Morgan fingerprint density at radius 1 is 1.00 bits per heavy atom. The molecule has 2 aromatic rings. The van der Waals surface area contributed by atoms with Gasteiger partial charge in [0, 0.05) is 17.3 Å². The van der Waals surface area contributed by atoms with Gasteiger partial charge in [0.2, 0.25) is 0 Å². The molecule has 3 heterocycles. The van der Waals surface area contributed by atoms with Crippen LogP contribution < -0.4 is 19.5 Å². The highest BCUT2D eigenvalue weighted by molar-refractivity contribution is 7.99. The smallest absolute Gasteiger partial charge is 0.165 e. The first-order valence-electron chi connectivity index (χ1n) is 7.79. The highest BCUT2D eigenvalue weighted by Gasteiger charge is 2.53. The summed E-state index contributed by atoms with van der Waals surface area (Å²) in [6.07, 6.45) is 2.14. The molecule has 0 saturated heterocycles. The van der Waals surface area contributed by atoms with E-state index in [4.69, 9.17) is 14.2 Å². The second-order valence-electron chi connectivity index (χ2n) is 6.06. The van der Waals surface area contributed by atoms with Crippen LogP contribution in [0.2, 0.25) is 0 Å². The van der Waals surface area contributed by atoms with Crippen LogP contribution in [0.1, 0.15) is 11.1 Å². The molecule has 1 spiro atoms. The Kier molecular flexibility index (Phi) is 2.77. The Morgan fingerprint density at radius 2 is 1.78 bits per heavy atom. The molecule has 3 aliphatic heterocycles. The molecule has 0 saturated carbocycles. The minimum absolute atomic E-state index is 0.179. The van der Waals surface area contributed by atoms with Crippen molar-refractivity contribution in [2.45, 2.75) is 10.8 Å². The number of hydrogen-bond acceptors (Lipinski definition) is 5. The lowest BCUT2D eigenvalue weighted by molar-refractivity contribution is 0.171. The van der Waals surface area contributed by atoms with Gasteiger partial charge in [0.05, 0.1) is 10.8 Å². The van der Waals surface area contributed by atoms with Crippen LogP contribution in [0.25, 0.3) is 0 Å². The Bertz CT molecular complexity index is 794. The van der Waals surface area contributed by atoms with Crippen molar-refractivity contribution in [1.82, 2.24) is 0 Å². The number of hydrogen-bond donors (Lipinski definition) is 1. The Labute approximate surface area is 139 Å². The van der Waals surface area contributed by atoms with E-state index in [1.165, 1.54) is 16.8 Å². The number of thioether (sulfide) groups is 1. The van der Waals surface area contributed by atoms with Gasteiger partial charge >= 0.3 is 0 Å². The summed E-state index contributed by atoms with van der Waals surface area (Å²) in [7, 11) is 0. The van der Waals surface area contributed by atoms with Gasteiger partial charge in [-0.3, -0.25) is 0 Å². The average Bonchev–Trinajstić information content (AvgIpc) is 3.13. The first kappa shape index (κ1) is 13.4. The van der Waals surface area contributed by atoms with Crippen molar-refractivity contribution < 1.29 is 14.2 Å². The molecular weight excluding hydrogens is 310 g/mol. The van der Waals surface area contributed by atoms with E-state index < -0.39 is 0 Å². The van der Waals surface area contributed by atoms with Crippen LogP contribution in [0.5, 0.6) is 17.2 Å². The number of nitrogens with one attached hydrogen (secondary N) is 1. The van der Waals surface area contributed by atoms with Gasteiger partial charge in [-0.15, -0.1) is 11.8 Å². The van der Waals surface area contributed by atoms with E-state index in [1.54, 1.807) is 0 Å². The van der Waals surface area contributed by atoms with E-state index in [0.717, 1.165) is 17.2 Å². The highest BCUT2D eigenvalue weighted by Crippen LogP contribution is 2.56. The van der Waals surface area contributed by atoms with E-state index in [-0.39, 0.29) is 10.8 Å². The second kappa shape index (κ2) is 4.74. The van der Waals surface area contributed by atoms with E-state index in [9.17, 15) is 0 Å². The van der Waals surface area contributed by atoms with E-state index in [1.807, 2.05) is 17.8 Å². The van der Waals surface area contributed by atoms with Crippen molar-refractivity contribution in [2.24, 2.45) is 0 Å². The molecule has 5 rings (SSSR count). The van der Waals surface area contributed by atoms with Crippen LogP contribution in [0, 0.1) is 0 Å². The normalized spacial score (nSPS) is 26.4. The summed E-state index contributed by atoms with van der Waals surface area (Å²) >= 11 is 1.82. The third kappa shape index (κ3) is 1.68. The zero-order valence-electron chi connectivity index (χ0n) is 12.8. The van der Waals surface area contributed by atoms with E-state index in [0.29, 0.717) is 19.8 Å². The van der Waals surface area contributed by atoms with Crippen molar-refractivity contribution in [3.8, 4) is 17.2 Å². The van der Waals surface area contributed by atoms with Crippen molar-refractivity contribution >= 4 is 17.4 Å². The van der Waals surface area contributed by atoms with E-state index in [2.05, 4.69) is 41.9 Å². The Morgan fingerprint density at radius 3 is 2.61 bits per heavy atom. The van der Waals surface area contributed by atoms with Crippen molar-refractivity contribution in [3.63, 3.8) is 0 Å². The molecule has 4 nitrogen and oxygen atoms in total. The number of benzene rings is 2. The Hall–Kier alpha value is -2.01. The van der Waals surface area contributed by atoms with Gasteiger partial charge in [-0.2, -0.15) is 0 Å². The van der Waals surface area contributed by atoms with Gasteiger partial charge in [-0.05, 0) is 24.0 Å². The molecule has 2 atom stereocenters. The maximum Gasteiger partial charge on any atom is 0.165 e. The number of para-hydroxylation sites is 1. The minimum Gasteiger partial charge on any atom is -0.492 e. The van der Waals surface area contributed by atoms with Crippen molar-refractivity contribution in [1.29, 1.82) is 0 Å². The lowest BCUT2D eigenvalue weighted by atomic mass is 9.77. The van der Waals surface area contributed by atoms with Crippen LogP contribution in [0.3, 0.4) is 0 Å². The summed E-state index contributed by atoms with van der Waals surface area (Å²) in [6.45, 7) is 1.83. The van der Waals surface area contributed by atoms with Crippen LogP contribution in [0.4, 0.5) is 5.69 Å². The third-order valence-electron chi connectivity index (χ3n) is 4.96.